The molecule has 1 aromatic carbocycles. The second-order valence-electron chi connectivity index (χ2n) is 4.53. The standard InChI is InChI=1S/C12H13BrFNO3/c1-15(5-12(11(16)17)6-18-7-12)10-4-8(13)2-3-9(10)14/h2-4H,5-7H2,1H3,(H,16,17). The first kappa shape index (κ1) is 13.3. The minimum Gasteiger partial charge on any atom is -0.481 e. The number of halogens is 2. The van der Waals surface area contributed by atoms with Gasteiger partial charge in [-0.15, -0.1) is 0 Å². The lowest BCUT2D eigenvalue weighted by atomic mass is 9.85. The van der Waals surface area contributed by atoms with Crippen LogP contribution in [0.4, 0.5) is 10.1 Å². The summed E-state index contributed by atoms with van der Waals surface area (Å²) in [5.74, 6) is -1.28. The summed E-state index contributed by atoms with van der Waals surface area (Å²) in [5, 5.41) is 9.19. The number of aliphatic carboxylic acids is 1. The number of hydrogen-bond donors (Lipinski definition) is 1. The van der Waals surface area contributed by atoms with E-state index in [1.165, 1.54) is 6.07 Å². The van der Waals surface area contributed by atoms with Crippen molar-refractivity contribution in [3.8, 4) is 0 Å². The maximum Gasteiger partial charge on any atom is 0.316 e. The summed E-state index contributed by atoms with van der Waals surface area (Å²) in [6, 6.07) is 4.58. The van der Waals surface area contributed by atoms with E-state index >= 15 is 0 Å². The summed E-state index contributed by atoms with van der Waals surface area (Å²) in [4.78, 5) is 12.8. The second-order valence-corrected chi connectivity index (χ2v) is 5.45. The molecular weight excluding hydrogens is 305 g/mol. The highest BCUT2D eigenvalue weighted by molar-refractivity contribution is 9.10. The first-order valence-electron chi connectivity index (χ1n) is 5.42. The molecule has 6 heteroatoms. The van der Waals surface area contributed by atoms with Crippen LogP contribution in [0.2, 0.25) is 0 Å². The van der Waals surface area contributed by atoms with Crippen LogP contribution in [0.1, 0.15) is 0 Å². The van der Waals surface area contributed by atoms with Crippen LogP contribution < -0.4 is 4.90 Å². The molecule has 0 atom stereocenters. The van der Waals surface area contributed by atoms with Gasteiger partial charge in [0.25, 0.3) is 0 Å². The number of rotatable bonds is 4. The van der Waals surface area contributed by atoms with Gasteiger partial charge in [0.15, 0.2) is 0 Å². The molecule has 1 aliphatic heterocycles. The van der Waals surface area contributed by atoms with Crippen LogP contribution in [-0.2, 0) is 9.53 Å². The van der Waals surface area contributed by atoms with Gasteiger partial charge < -0.3 is 14.7 Å². The largest absolute Gasteiger partial charge is 0.481 e. The first-order valence-corrected chi connectivity index (χ1v) is 6.21. The Balaban J connectivity index is 2.19. The topological polar surface area (TPSA) is 49.8 Å². The van der Waals surface area contributed by atoms with Gasteiger partial charge in [-0.3, -0.25) is 4.79 Å². The average molecular weight is 318 g/mol. The lowest BCUT2D eigenvalue weighted by Crippen LogP contribution is -2.55. The van der Waals surface area contributed by atoms with Crippen molar-refractivity contribution in [1.29, 1.82) is 0 Å². The maximum atomic E-state index is 13.7. The summed E-state index contributed by atoms with van der Waals surface area (Å²) in [6.07, 6.45) is 0. The molecule has 0 aromatic heterocycles. The number of carboxylic acids is 1. The van der Waals surface area contributed by atoms with E-state index in [4.69, 9.17) is 4.74 Å². The summed E-state index contributed by atoms with van der Waals surface area (Å²) in [6.45, 7) is 0.556. The first-order chi connectivity index (χ1) is 8.44. The molecule has 18 heavy (non-hydrogen) atoms. The Hall–Kier alpha value is -1.14. The van der Waals surface area contributed by atoms with Crippen molar-refractivity contribution in [2.45, 2.75) is 0 Å². The van der Waals surface area contributed by atoms with Crippen LogP contribution in [0.3, 0.4) is 0 Å². The third kappa shape index (κ3) is 2.35. The Kier molecular flexibility index (Phi) is 3.59. The fourth-order valence-electron chi connectivity index (χ4n) is 1.95. The van der Waals surface area contributed by atoms with E-state index in [0.717, 1.165) is 4.47 Å². The summed E-state index contributed by atoms with van der Waals surface area (Å²) < 4.78 is 19.4. The monoisotopic (exact) mass is 317 g/mol. The fourth-order valence-corrected chi connectivity index (χ4v) is 2.30. The molecule has 98 valence electrons. The van der Waals surface area contributed by atoms with Gasteiger partial charge >= 0.3 is 5.97 Å². The Bertz CT molecular complexity index is 476. The van der Waals surface area contributed by atoms with Crippen LogP contribution in [0.25, 0.3) is 0 Å². The smallest absolute Gasteiger partial charge is 0.316 e. The van der Waals surface area contributed by atoms with E-state index in [0.29, 0.717) is 5.69 Å². The zero-order chi connectivity index (χ0) is 13.3. The number of carboxylic acid groups (broad SMARTS) is 1. The third-order valence-corrected chi connectivity index (χ3v) is 3.56. The van der Waals surface area contributed by atoms with Crippen LogP contribution >= 0.6 is 15.9 Å². The SMILES string of the molecule is CN(CC1(C(=O)O)COC1)c1cc(Br)ccc1F. The Morgan fingerprint density at radius 2 is 2.28 bits per heavy atom. The van der Waals surface area contributed by atoms with Crippen LogP contribution in [-0.4, -0.2) is 37.9 Å². The molecule has 0 aliphatic carbocycles. The number of benzene rings is 1. The van der Waals surface area contributed by atoms with Crippen LogP contribution in [0, 0.1) is 11.2 Å². The molecule has 0 amide bonds. The Morgan fingerprint density at radius 3 is 2.78 bits per heavy atom. The van der Waals surface area contributed by atoms with Gasteiger partial charge in [0.2, 0.25) is 0 Å². The minimum absolute atomic E-state index is 0.169. The number of ether oxygens (including phenoxy) is 1. The highest BCUT2D eigenvalue weighted by Gasteiger charge is 2.47. The zero-order valence-electron chi connectivity index (χ0n) is 9.82. The molecule has 2 rings (SSSR count). The van der Waals surface area contributed by atoms with Gasteiger partial charge in [0, 0.05) is 18.1 Å². The Morgan fingerprint density at radius 1 is 1.61 bits per heavy atom. The third-order valence-electron chi connectivity index (χ3n) is 3.07. The van der Waals surface area contributed by atoms with Crippen molar-refractivity contribution >= 4 is 27.6 Å². The number of carbonyl (C=O) groups is 1. The van der Waals surface area contributed by atoms with Gasteiger partial charge in [0.05, 0.1) is 18.9 Å². The lowest BCUT2D eigenvalue weighted by molar-refractivity contribution is -0.177. The molecule has 4 nitrogen and oxygen atoms in total. The lowest BCUT2D eigenvalue weighted by Gasteiger charge is -2.40. The molecule has 0 saturated carbocycles. The van der Waals surface area contributed by atoms with E-state index < -0.39 is 11.4 Å². The van der Waals surface area contributed by atoms with E-state index in [2.05, 4.69) is 15.9 Å². The summed E-state index contributed by atoms with van der Waals surface area (Å²) in [7, 11) is 1.67. The van der Waals surface area contributed by atoms with Crippen LogP contribution in [0.15, 0.2) is 22.7 Å². The number of anilines is 1. The molecule has 0 unspecified atom stereocenters. The molecule has 0 bridgehead atoms. The van der Waals surface area contributed by atoms with Crippen molar-refractivity contribution in [3.63, 3.8) is 0 Å². The van der Waals surface area contributed by atoms with E-state index in [1.807, 2.05) is 0 Å². The van der Waals surface area contributed by atoms with Crippen LogP contribution in [0.5, 0.6) is 0 Å². The highest BCUT2D eigenvalue weighted by Crippen LogP contribution is 2.32. The van der Waals surface area contributed by atoms with Crippen molar-refractivity contribution in [3.05, 3.63) is 28.5 Å². The summed E-state index contributed by atoms with van der Waals surface area (Å²) >= 11 is 3.27. The predicted octanol–water partition coefficient (Wildman–Crippen LogP) is 2.13. The van der Waals surface area contributed by atoms with Gasteiger partial charge in [0.1, 0.15) is 11.2 Å². The zero-order valence-corrected chi connectivity index (χ0v) is 11.4. The number of hydrogen-bond acceptors (Lipinski definition) is 3. The molecule has 0 radical (unpaired) electrons. The van der Waals surface area contributed by atoms with E-state index in [9.17, 15) is 14.3 Å². The normalized spacial score (nSPS) is 17.1. The molecule has 1 fully saturated rings. The minimum atomic E-state index is -0.927. The van der Waals surface area contributed by atoms with Gasteiger partial charge in [-0.25, -0.2) is 4.39 Å². The predicted molar refractivity (Wildman–Crippen MR) is 68.3 cm³/mol. The number of nitrogens with zero attached hydrogens (tertiary/aromatic N) is 1. The maximum absolute atomic E-state index is 13.7. The molecule has 1 aliphatic rings. The average Bonchev–Trinajstić information content (AvgIpc) is 2.26. The quantitative estimate of drug-likeness (QED) is 0.924. The molecule has 0 spiro atoms. The fraction of sp³-hybridized carbons (Fsp3) is 0.417. The molecule has 1 saturated heterocycles. The summed E-state index contributed by atoms with van der Waals surface area (Å²) in [5.41, 5.74) is -0.555. The van der Waals surface area contributed by atoms with E-state index in [1.54, 1.807) is 24.1 Å². The van der Waals surface area contributed by atoms with E-state index in [-0.39, 0.29) is 25.6 Å². The highest BCUT2D eigenvalue weighted by atomic mass is 79.9. The van der Waals surface area contributed by atoms with Crippen molar-refractivity contribution < 1.29 is 19.0 Å². The van der Waals surface area contributed by atoms with Gasteiger partial charge in [-0.05, 0) is 18.2 Å². The van der Waals surface area contributed by atoms with Crippen molar-refractivity contribution in [2.75, 3.05) is 31.7 Å². The van der Waals surface area contributed by atoms with Crippen molar-refractivity contribution in [1.82, 2.24) is 0 Å². The van der Waals surface area contributed by atoms with Gasteiger partial charge in [-0.2, -0.15) is 0 Å². The molecular formula is C12H13BrFNO3. The molecule has 1 heterocycles. The molecule has 1 aromatic rings. The van der Waals surface area contributed by atoms with Crippen molar-refractivity contribution in [2.24, 2.45) is 5.41 Å². The Labute approximate surface area is 112 Å². The van der Waals surface area contributed by atoms with Gasteiger partial charge in [-0.1, -0.05) is 15.9 Å². The molecule has 1 N–H and O–H groups in total. The second kappa shape index (κ2) is 4.85.